The molecule has 3 aromatic rings. The van der Waals surface area contributed by atoms with Gasteiger partial charge in [-0.2, -0.15) is 0 Å². The Hall–Kier alpha value is -1.60. The van der Waals surface area contributed by atoms with Gasteiger partial charge in [-0.3, -0.25) is 10.1 Å². The predicted molar refractivity (Wildman–Crippen MR) is 110 cm³/mol. The van der Waals surface area contributed by atoms with Crippen LogP contribution in [-0.2, 0) is 5.75 Å². The van der Waals surface area contributed by atoms with Crippen molar-refractivity contribution in [1.82, 2.24) is 10.2 Å². The molecule has 0 atom stereocenters. The van der Waals surface area contributed by atoms with E-state index < -0.39 is 0 Å². The van der Waals surface area contributed by atoms with Gasteiger partial charge in [-0.25, -0.2) is 0 Å². The van der Waals surface area contributed by atoms with Crippen LogP contribution in [0.25, 0.3) is 0 Å². The smallest absolute Gasteiger partial charge is 0.257 e. The highest BCUT2D eigenvalue weighted by atomic mass is 35.5. The van der Waals surface area contributed by atoms with Crippen LogP contribution in [0.15, 0.2) is 40.7 Å². The number of anilines is 1. The summed E-state index contributed by atoms with van der Waals surface area (Å²) < 4.78 is 0.733. The number of nitrogens with zero attached hydrogens (tertiary/aromatic N) is 2. The number of hydrogen-bond acceptors (Lipinski definition) is 5. The lowest BCUT2D eigenvalue weighted by molar-refractivity contribution is 0.102. The maximum Gasteiger partial charge on any atom is 0.257 e. The van der Waals surface area contributed by atoms with Gasteiger partial charge in [0.2, 0.25) is 5.13 Å². The molecule has 0 spiro atoms. The Morgan fingerprint density at radius 1 is 1.15 bits per heavy atom. The molecule has 0 aliphatic heterocycles. The first-order valence-electron chi connectivity index (χ1n) is 7.72. The molecule has 0 bridgehead atoms. The molecule has 4 nitrogen and oxygen atoms in total. The average Bonchev–Trinajstić information content (AvgIpc) is 3.01. The van der Waals surface area contributed by atoms with Crippen molar-refractivity contribution in [2.45, 2.75) is 23.9 Å². The first-order chi connectivity index (χ1) is 12.4. The largest absolute Gasteiger partial charge is 0.296 e. The van der Waals surface area contributed by atoms with Crippen molar-refractivity contribution in [1.29, 1.82) is 0 Å². The summed E-state index contributed by atoms with van der Waals surface area (Å²) in [4.78, 5) is 12.4. The Morgan fingerprint density at radius 3 is 2.58 bits per heavy atom. The topological polar surface area (TPSA) is 54.9 Å². The highest BCUT2D eigenvalue weighted by molar-refractivity contribution is 8.00. The van der Waals surface area contributed by atoms with Gasteiger partial charge >= 0.3 is 0 Å². The summed E-state index contributed by atoms with van der Waals surface area (Å²) in [6, 6.07) is 11.1. The summed E-state index contributed by atoms with van der Waals surface area (Å²) in [6.07, 6.45) is 0. The minimum absolute atomic E-state index is 0.190. The van der Waals surface area contributed by atoms with Crippen LogP contribution in [0.3, 0.4) is 0 Å². The zero-order chi connectivity index (χ0) is 18.7. The molecule has 2 aromatic carbocycles. The monoisotopic (exact) mass is 423 g/mol. The number of rotatable bonds is 5. The van der Waals surface area contributed by atoms with Crippen molar-refractivity contribution in [3.8, 4) is 0 Å². The maximum absolute atomic E-state index is 12.4. The molecule has 3 rings (SSSR count). The second kappa shape index (κ2) is 8.39. The standard InChI is InChI=1S/C18H15Cl2N3OS2/c1-10-6-7-12(11(2)8-10)16(24)21-17-22-23-18(26-17)25-9-13-14(19)4-3-5-15(13)20/h3-8H,9H2,1-2H3,(H,21,22,24). The van der Waals surface area contributed by atoms with Gasteiger partial charge in [-0.05, 0) is 43.2 Å². The quantitative estimate of drug-likeness (QED) is 0.403. The summed E-state index contributed by atoms with van der Waals surface area (Å²) in [5, 5.41) is 12.6. The lowest BCUT2D eigenvalue weighted by atomic mass is 10.1. The van der Waals surface area contributed by atoms with E-state index >= 15 is 0 Å². The van der Waals surface area contributed by atoms with Crippen LogP contribution in [0.4, 0.5) is 5.13 Å². The average molecular weight is 424 g/mol. The van der Waals surface area contributed by atoms with Crippen LogP contribution in [0, 0.1) is 13.8 Å². The molecule has 134 valence electrons. The number of nitrogens with one attached hydrogen (secondary N) is 1. The number of thioether (sulfide) groups is 1. The van der Waals surface area contributed by atoms with Crippen LogP contribution >= 0.6 is 46.3 Å². The van der Waals surface area contributed by atoms with Gasteiger partial charge in [-0.1, -0.05) is 70.1 Å². The van der Waals surface area contributed by atoms with Crippen LogP contribution < -0.4 is 5.32 Å². The molecule has 8 heteroatoms. The summed E-state index contributed by atoms with van der Waals surface area (Å²) >= 11 is 15.1. The molecule has 0 saturated carbocycles. The van der Waals surface area contributed by atoms with Gasteiger partial charge in [0.1, 0.15) is 0 Å². The molecule has 1 heterocycles. The zero-order valence-electron chi connectivity index (χ0n) is 14.0. The number of aryl methyl sites for hydroxylation is 2. The van der Waals surface area contributed by atoms with Gasteiger partial charge < -0.3 is 0 Å². The molecule has 1 N–H and O–H groups in total. The number of hydrogen-bond donors (Lipinski definition) is 1. The SMILES string of the molecule is Cc1ccc(C(=O)Nc2nnc(SCc3c(Cl)cccc3Cl)s2)c(C)c1. The van der Waals surface area contributed by atoms with E-state index in [1.54, 1.807) is 12.1 Å². The summed E-state index contributed by atoms with van der Waals surface area (Å²) in [6.45, 7) is 3.91. The van der Waals surface area contributed by atoms with Crippen LogP contribution in [-0.4, -0.2) is 16.1 Å². The molecular formula is C18H15Cl2N3OS2. The van der Waals surface area contributed by atoms with Gasteiger partial charge in [0.15, 0.2) is 4.34 Å². The summed E-state index contributed by atoms with van der Waals surface area (Å²) in [5.74, 6) is 0.391. The Balaban J connectivity index is 1.65. The number of halogens is 2. The van der Waals surface area contributed by atoms with E-state index in [1.807, 2.05) is 38.1 Å². The first-order valence-corrected chi connectivity index (χ1v) is 10.3. The zero-order valence-corrected chi connectivity index (χ0v) is 17.2. The van der Waals surface area contributed by atoms with Crippen molar-refractivity contribution in [2.24, 2.45) is 0 Å². The molecule has 1 amide bonds. The lowest BCUT2D eigenvalue weighted by Gasteiger charge is -2.05. The minimum Gasteiger partial charge on any atom is -0.296 e. The van der Waals surface area contributed by atoms with E-state index in [1.165, 1.54) is 23.1 Å². The third-order valence-corrected chi connectivity index (χ3v) is 6.36. The van der Waals surface area contributed by atoms with E-state index in [0.29, 0.717) is 26.5 Å². The molecule has 0 aliphatic carbocycles. The van der Waals surface area contributed by atoms with E-state index in [2.05, 4.69) is 15.5 Å². The van der Waals surface area contributed by atoms with Gasteiger partial charge in [0, 0.05) is 21.4 Å². The Morgan fingerprint density at radius 2 is 1.88 bits per heavy atom. The molecule has 0 unspecified atom stereocenters. The fourth-order valence-electron chi connectivity index (χ4n) is 2.36. The minimum atomic E-state index is -0.190. The maximum atomic E-state index is 12.4. The fraction of sp³-hybridized carbons (Fsp3) is 0.167. The normalized spacial score (nSPS) is 10.8. The van der Waals surface area contributed by atoms with Crippen LogP contribution in [0.2, 0.25) is 10.0 Å². The molecule has 1 aromatic heterocycles. The van der Waals surface area contributed by atoms with Gasteiger partial charge in [0.25, 0.3) is 5.91 Å². The number of carbonyl (C=O) groups excluding carboxylic acids is 1. The second-order valence-corrected chi connectivity index (χ2v) is 8.65. The summed E-state index contributed by atoms with van der Waals surface area (Å²) in [7, 11) is 0. The van der Waals surface area contributed by atoms with Crippen molar-refractivity contribution < 1.29 is 4.79 Å². The van der Waals surface area contributed by atoms with Crippen LogP contribution in [0.5, 0.6) is 0 Å². The van der Waals surface area contributed by atoms with E-state index in [9.17, 15) is 4.79 Å². The van der Waals surface area contributed by atoms with Crippen LogP contribution in [0.1, 0.15) is 27.0 Å². The molecule has 0 radical (unpaired) electrons. The third-order valence-electron chi connectivity index (χ3n) is 3.66. The number of benzene rings is 2. The highest BCUT2D eigenvalue weighted by Crippen LogP contribution is 2.33. The van der Waals surface area contributed by atoms with Crippen molar-refractivity contribution >= 4 is 57.3 Å². The van der Waals surface area contributed by atoms with Crippen molar-refractivity contribution in [2.75, 3.05) is 5.32 Å². The number of aromatic nitrogens is 2. The van der Waals surface area contributed by atoms with E-state index in [4.69, 9.17) is 23.2 Å². The highest BCUT2D eigenvalue weighted by Gasteiger charge is 2.13. The van der Waals surface area contributed by atoms with Gasteiger partial charge in [0.05, 0.1) is 0 Å². The second-order valence-electron chi connectivity index (χ2n) is 5.63. The molecule has 0 fully saturated rings. The first kappa shape index (κ1) is 19.2. The molecule has 26 heavy (non-hydrogen) atoms. The fourth-order valence-corrected chi connectivity index (χ4v) is 4.84. The molecule has 0 aliphatic rings. The van der Waals surface area contributed by atoms with Gasteiger partial charge in [-0.15, -0.1) is 10.2 Å². The Kier molecular flexibility index (Phi) is 6.19. The van der Waals surface area contributed by atoms with Crippen molar-refractivity contribution in [3.05, 3.63) is 68.7 Å². The Bertz CT molecular complexity index is 939. The number of amides is 1. The third kappa shape index (κ3) is 4.57. The van der Waals surface area contributed by atoms with E-state index in [-0.39, 0.29) is 5.91 Å². The predicted octanol–water partition coefficient (Wildman–Crippen LogP) is 6.01. The lowest BCUT2D eigenvalue weighted by Crippen LogP contribution is -2.13. The molecular weight excluding hydrogens is 409 g/mol. The van der Waals surface area contributed by atoms with E-state index in [0.717, 1.165) is 21.0 Å². The summed E-state index contributed by atoms with van der Waals surface area (Å²) in [5.41, 5.74) is 3.53. The van der Waals surface area contributed by atoms with Crippen molar-refractivity contribution in [3.63, 3.8) is 0 Å². The number of carbonyl (C=O) groups is 1. The Labute approximate surface area is 169 Å². The molecule has 0 saturated heterocycles.